The zero-order valence-electron chi connectivity index (χ0n) is 9.53. The van der Waals surface area contributed by atoms with E-state index in [0.29, 0.717) is 6.04 Å². The number of hydrogen-bond acceptors (Lipinski definition) is 2. The summed E-state index contributed by atoms with van der Waals surface area (Å²) in [6.45, 7) is 5.77. The summed E-state index contributed by atoms with van der Waals surface area (Å²) in [6.07, 6.45) is 0. The molecule has 0 bridgehead atoms. The number of hydrogen-bond donors (Lipinski definition) is 0. The Bertz CT molecular complexity index is 337. The zero-order valence-corrected chi connectivity index (χ0v) is 9.53. The third kappa shape index (κ3) is 1.81. The van der Waals surface area contributed by atoms with Crippen LogP contribution in [0.15, 0.2) is 12.1 Å². The number of rotatable bonds is 3. The van der Waals surface area contributed by atoms with Gasteiger partial charge in [-0.2, -0.15) is 0 Å². The number of Topliss-reactive ketones (excluding diaryl/α,β-unsaturated/α-hetero) is 1. The van der Waals surface area contributed by atoms with Gasteiger partial charge in [0.1, 0.15) is 5.82 Å². The Morgan fingerprint density at radius 1 is 1.36 bits per heavy atom. The van der Waals surface area contributed by atoms with Crippen molar-refractivity contribution in [3.8, 4) is 0 Å². The maximum absolute atomic E-state index is 11.4. The first-order valence-corrected chi connectivity index (χ1v) is 4.84. The molecule has 0 aliphatic carbocycles. The highest BCUT2D eigenvalue weighted by Crippen LogP contribution is 2.22. The molecule has 0 aromatic carbocycles. The van der Waals surface area contributed by atoms with Crippen molar-refractivity contribution in [1.29, 1.82) is 0 Å². The van der Waals surface area contributed by atoms with E-state index >= 15 is 0 Å². The second kappa shape index (κ2) is 3.86. The topological polar surface area (TPSA) is 25.2 Å². The quantitative estimate of drug-likeness (QED) is 0.690. The van der Waals surface area contributed by atoms with Crippen LogP contribution in [0.2, 0.25) is 0 Å². The first kappa shape index (κ1) is 10.8. The van der Waals surface area contributed by atoms with E-state index in [0.717, 1.165) is 11.5 Å². The minimum absolute atomic E-state index is 0.117. The summed E-state index contributed by atoms with van der Waals surface area (Å²) >= 11 is 0. The van der Waals surface area contributed by atoms with Crippen LogP contribution in [0.3, 0.4) is 0 Å². The lowest BCUT2D eigenvalue weighted by Gasteiger charge is -2.20. The van der Waals surface area contributed by atoms with Crippen molar-refractivity contribution in [2.24, 2.45) is 0 Å². The highest BCUT2D eigenvalue weighted by Gasteiger charge is 2.14. The van der Waals surface area contributed by atoms with E-state index in [1.807, 2.05) is 31.1 Å². The predicted octanol–water partition coefficient (Wildman–Crippen LogP) is 2.34. The zero-order chi connectivity index (χ0) is 10.9. The van der Waals surface area contributed by atoms with Crippen molar-refractivity contribution in [1.82, 2.24) is 4.57 Å². The Labute approximate surface area is 85.3 Å². The van der Waals surface area contributed by atoms with Gasteiger partial charge in [0, 0.05) is 27.1 Å². The smallest absolute Gasteiger partial charge is 0.176 e. The van der Waals surface area contributed by atoms with E-state index in [4.69, 9.17) is 0 Å². The fourth-order valence-electron chi connectivity index (χ4n) is 1.63. The minimum atomic E-state index is 0.117. The fourth-order valence-corrected chi connectivity index (χ4v) is 1.63. The molecule has 0 N–H and O–H groups in total. The molecule has 3 heteroatoms. The molecule has 0 fully saturated rings. The van der Waals surface area contributed by atoms with Gasteiger partial charge in [0.15, 0.2) is 5.78 Å². The maximum atomic E-state index is 11.4. The Morgan fingerprint density at radius 2 is 1.93 bits per heavy atom. The predicted molar refractivity (Wildman–Crippen MR) is 59.1 cm³/mol. The number of carbonyl (C=O) groups is 1. The Kier molecular flexibility index (Phi) is 2.99. The molecule has 1 aromatic heterocycles. The molecule has 0 saturated carbocycles. The molecule has 0 saturated heterocycles. The van der Waals surface area contributed by atoms with E-state index in [9.17, 15) is 4.79 Å². The molecule has 0 aliphatic heterocycles. The molecule has 1 heterocycles. The van der Waals surface area contributed by atoms with Crippen LogP contribution in [-0.2, 0) is 0 Å². The molecule has 1 aromatic rings. The standard InChI is InChI=1S/C11H18N2O/c1-8(2)13-10(9(3)14)6-7-11(13)12(4)5/h6-8H,1-5H3. The summed E-state index contributed by atoms with van der Waals surface area (Å²) in [5, 5.41) is 0. The maximum Gasteiger partial charge on any atom is 0.176 e. The Balaban J connectivity index is 3.27. The summed E-state index contributed by atoms with van der Waals surface area (Å²) in [5.74, 6) is 1.19. The molecule has 3 nitrogen and oxygen atoms in total. The summed E-state index contributed by atoms with van der Waals surface area (Å²) < 4.78 is 2.06. The third-order valence-corrected chi connectivity index (χ3v) is 2.23. The molecule has 0 spiro atoms. The van der Waals surface area contributed by atoms with Gasteiger partial charge in [-0.1, -0.05) is 0 Å². The lowest BCUT2D eigenvalue weighted by Crippen LogP contribution is -2.18. The van der Waals surface area contributed by atoms with Crippen LogP contribution in [0, 0.1) is 0 Å². The average molecular weight is 194 g/mol. The van der Waals surface area contributed by atoms with Crippen LogP contribution in [0.25, 0.3) is 0 Å². The second-order valence-electron chi connectivity index (χ2n) is 3.99. The van der Waals surface area contributed by atoms with Gasteiger partial charge in [0.05, 0.1) is 5.69 Å². The molecular weight excluding hydrogens is 176 g/mol. The van der Waals surface area contributed by atoms with Crippen LogP contribution in [0.1, 0.15) is 37.3 Å². The molecule has 0 aliphatic rings. The molecule has 0 unspecified atom stereocenters. The van der Waals surface area contributed by atoms with E-state index in [1.54, 1.807) is 6.92 Å². The normalized spacial score (nSPS) is 10.7. The summed E-state index contributed by atoms with van der Waals surface area (Å²) in [7, 11) is 3.97. The lowest BCUT2D eigenvalue weighted by molar-refractivity contribution is 0.100. The van der Waals surface area contributed by atoms with Gasteiger partial charge in [-0.25, -0.2) is 0 Å². The molecule has 14 heavy (non-hydrogen) atoms. The van der Waals surface area contributed by atoms with Gasteiger partial charge in [-0.05, 0) is 26.0 Å². The van der Waals surface area contributed by atoms with Crippen molar-refractivity contribution in [3.05, 3.63) is 17.8 Å². The number of aromatic nitrogens is 1. The van der Waals surface area contributed by atoms with Gasteiger partial charge in [-0.15, -0.1) is 0 Å². The summed E-state index contributed by atoms with van der Waals surface area (Å²) in [6, 6.07) is 4.18. The molecule has 0 radical (unpaired) electrons. The Morgan fingerprint density at radius 3 is 2.29 bits per heavy atom. The highest BCUT2D eigenvalue weighted by molar-refractivity contribution is 5.93. The number of ketones is 1. The first-order chi connectivity index (χ1) is 6.45. The van der Waals surface area contributed by atoms with E-state index in [2.05, 4.69) is 18.4 Å². The van der Waals surface area contributed by atoms with Crippen LogP contribution >= 0.6 is 0 Å². The van der Waals surface area contributed by atoms with Crippen molar-refractivity contribution < 1.29 is 4.79 Å². The van der Waals surface area contributed by atoms with Gasteiger partial charge >= 0.3 is 0 Å². The average Bonchev–Trinajstić information content (AvgIpc) is 2.46. The Hall–Kier alpha value is -1.25. The van der Waals surface area contributed by atoms with E-state index < -0.39 is 0 Å². The van der Waals surface area contributed by atoms with E-state index in [1.165, 1.54) is 0 Å². The summed E-state index contributed by atoms with van der Waals surface area (Å²) in [4.78, 5) is 13.4. The fraction of sp³-hybridized carbons (Fsp3) is 0.545. The highest BCUT2D eigenvalue weighted by atomic mass is 16.1. The monoisotopic (exact) mass is 194 g/mol. The van der Waals surface area contributed by atoms with Gasteiger partial charge in [0.2, 0.25) is 0 Å². The van der Waals surface area contributed by atoms with Crippen molar-refractivity contribution >= 4 is 11.6 Å². The van der Waals surface area contributed by atoms with Crippen molar-refractivity contribution in [2.45, 2.75) is 26.8 Å². The van der Waals surface area contributed by atoms with Crippen LogP contribution in [0.5, 0.6) is 0 Å². The molecular formula is C11H18N2O. The number of anilines is 1. The summed E-state index contributed by atoms with van der Waals surface area (Å²) in [5.41, 5.74) is 0.781. The number of nitrogens with zero attached hydrogens (tertiary/aromatic N) is 2. The molecule has 1 rings (SSSR count). The molecule has 0 amide bonds. The second-order valence-corrected chi connectivity index (χ2v) is 3.99. The third-order valence-electron chi connectivity index (χ3n) is 2.23. The van der Waals surface area contributed by atoms with Crippen LogP contribution in [-0.4, -0.2) is 24.4 Å². The van der Waals surface area contributed by atoms with E-state index in [-0.39, 0.29) is 5.78 Å². The van der Waals surface area contributed by atoms with Gasteiger partial charge in [0.25, 0.3) is 0 Å². The van der Waals surface area contributed by atoms with Crippen LogP contribution in [0.4, 0.5) is 5.82 Å². The van der Waals surface area contributed by atoms with Gasteiger partial charge in [-0.3, -0.25) is 4.79 Å². The first-order valence-electron chi connectivity index (χ1n) is 4.84. The molecule has 0 atom stereocenters. The molecule has 78 valence electrons. The van der Waals surface area contributed by atoms with Gasteiger partial charge < -0.3 is 9.47 Å². The number of carbonyl (C=O) groups excluding carboxylic acids is 1. The SMILES string of the molecule is CC(=O)c1ccc(N(C)C)n1C(C)C. The minimum Gasteiger partial charge on any atom is -0.364 e. The van der Waals surface area contributed by atoms with Crippen LogP contribution < -0.4 is 4.90 Å². The lowest BCUT2D eigenvalue weighted by atomic mass is 10.3. The van der Waals surface area contributed by atoms with Crippen molar-refractivity contribution in [2.75, 3.05) is 19.0 Å². The van der Waals surface area contributed by atoms with Crippen molar-refractivity contribution in [3.63, 3.8) is 0 Å². The largest absolute Gasteiger partial charge is 0.364 e.